The molecule has 1 aromatic heterocycles. The lowest BCUT2D eigenvalue weighted by Crippen LogP contribution is -2.25. The van der Waals surface area contributed by atoms with Gasteiger partial charge in [0.2, 0.25) is 5.89 Å². The highest BCUT2D eigenvalue weighted by Crippen LogP contribution is 2.13. The van der Waals surface area contributed by atoms with Gasteiger partial charge < -0.3 is 4.52 Å². The summed E-state index contributed by atoms with van der Waals surface area (Å²) in [5.41, 5.74) is 1.12. The van der Waals surface area contributed by atoms with Crippen molar-refractivity contribution in [1.29, 1.82) is 5.26 Å². The average Bonchev–Trinajstić information content (AvgIpc) is 2.89. The minimum absolute atomic E-state index is 0.379. The Balaban J connectivity index is 1.97. The van der Waals surface area contributed by atoms with E-state index in [2.05, 4.69) is 39.1 Å². The Morgan fingerprint density at radius 1 is 1.33 bits per heavy atom. The summed E-state index contributed by atoms with van der Waals surface area (Å²) in [7, 11) is 0. The fourth-order valence-electron chi connectivity index (χ4n) is 2.03. The molecule has 5 nitrogen and oxygen atoms in total. The molecule has 6 heteroatoms. The van der Waals surface area contributed by atoms with Gasteiger partial charge in [0.1, 0.15) is 0 Å². The third-order valence-corrected chi connectivity index (χ3v) is 3.51. The molecule has 0 N–H and O–H groups in total. The van der Waals surface area contributed by atoms with Crippen LogP contribution in [0.2, 0.25) is 0 Å². The van der Waals surface area contributed by atoms with Crippen molar-refractivity contribution in [3.63, 3.8) is 0 Å². The second kappa shape index (κ2) is 7.91. The lowest BCUT2D eigenvalue weighted by molar-refractivity contribution is 0.283. The summed E-state index contributed by atoms with van der Waals surface area (Å²) in [5.74, 6) is 1.23. The number of aromatic nitrogens is 2. The minimum atomic E-state index is 0.379. The van der Waals surface area contributed by atoms with E-state index in [0.29, 0.717) is 31.2 Å². The van der Waals surface area contributed by atoms with E-state index in [1.807, 2.05) is 29.2 Å². The third kappa shape index (κ3) is 4.96. The highest BCUT2D eigenvalue weighted by molar-refractivity contribution is 9.10. The molecule has 2 aromatic rings. The highest BCUT2D eigenvalue weighted by Gasteiger charge is 2.11. The molecule has 0 aliphatic rings. The molecule has 1 aromatic carbocycles. The molecule has 0 saturated carbocycles. The van der Waals surface area contributed by atoms with Crippen LogP contribution < -0.4 is 0 Å². The number of nitrogens with zero attached hydrogens (tertiary/aromatic N) is 4. The van der Waals surface area contributed by atoms with Gasteiger partial charge in [0.05, 0.1) is 25.6 Å². The zero-order valence-electron chi connectivity index (χ0n) is 11.9. The van der Waals surface area contributed by atoms with Gasteiger partial charge in [0.25, 0.3) is 0 Å². The molecule has 0 radical (unpaired) electrons. The van der Waals surface area contributed by atoms with Crippen LogP contribution in [0.3, 0.4) is 0 Å². The summed E-state index contributed by atoms with van der Waals surface area (Å²) < 4.78 is 6.32. The molecule has 1 heterocycles. The maximum Gasteiger partial charge on any atom is 0.231 e. The van der Waals surface area contributed by atoms with Gasteiger partial charge in [0, 0.05) is 4.47 Å². The van der Waals surface area contributed by atoms with Gasteiger partial charge in [-0.3, -0.25) is 4.90 Å². The minimum Gasteiger partial charge on any atom is -0.339 e. The fourth-order valence-corrected chi connectivity index (χ4v) is 2.30. The summed E-state index contributed by atoms with van der Waals surface area (Å²) in [6.07, 6.45) is 1.61. The second-order valence-electron chi connectivity index (χ2n) is 4.78. The van der Waals surface area contributed by atoms with Gasteiger partial charge in [-0.15, -0.1) is 0 Å². The molecule has 0 atom stereocenters. The van der Waals surface area contributed by atoms with Crippen LogP contribution in [0.5, 0.6) is 0 Å². The van der Waals surface area contributed by atoms with Crippen molar-refractivity contribution in [3.8, 4) is 6.07 Å². The Morgan fingerprint density at radius 2 is 2.10 bits per heavy atom. The zero-order chi connectivity index (χ0) is 15.1. The molecule has 0 saturated heterocycles. The number of nitriles is 1. The van der Waals surface area contributed by atoms with Gasteiger partial charge in [-0.05, 0) is 30.7 Å². The van der Waals surface area contributed by atoms with Gasteiger partial charge >= 0.3 is 0 Å². The number of hydrogen-bond donors (Lipinski definition) is 0. The molecule has 0 amide bonds. The standard InChI is InChI=1S/C15H17BrN4O/c1-2-8-20(9-7-17)11-14-18-15(21-19-14)10-12-3-5-13(16)6-4-12/h3-6H,2,8-11H2,1H3. The number of halogens is 1. The summed E-state index contributed by atoms with van der Waals surface area (Å²) >= 11 is 3.41. The van der Waals surface area contributed by atoms with Crippen LogP contribution in [0.4, 0.5) is 0 Å². The predicted molar refractivity (Wildman–Crippen MR) is 82.4 cm³/mol. The monoisotopic (exact) mass is 348 g/mol. The van der Waals surface area contributed by atoms with Gasteiger partial charge in [-0.25, -0.2) is 0 Å². The van der Waals surface area contributed by atoms with E-state index in [4.69, 9.17) is 9.78 Å². The lowest BCUT2D eigenvalue weighted by atomic mass is 10.1. The number of benzene rings is 1. The van der Waals surface area contributed by atoms with E-state index < -0.39 is 0 Å². The predicted octanol–water partition coefficient (Wildman–Crippen LogP) is 3.16. The first kappa shape index (κ1) is 15.7. The van der Waals surface area contributed by atoms with Crippen LogP contribution in [-0.4, -0.2) is 28.1 Å². The van der Waals surface area contributed by atoms with Crippen LogP contribution in [0.25, 0.3) is 0 Å². The molecular weight excluding hydrogens is 332 g/mol. The first-order valence-electron chi connectivity index (χ1n) is 6.86. The summed E-state index contributed by atoms with van der Waals surface area (Å²) in [6, 6.07) is 10.2. The van der Waals surface area contributed by atoms with Gasteiger partial charge in [0.15, 0.2) is 5.82 Å². The molecule has 0 spiro atoms. The number of rotatable bonds is 7. The fraction of sp³-hybridized carbons (Fsp3) is 0.400. The van der Waals surface area contributed by atoms with E-state index in [1.165, 1.54) is 0 Å². The molecule has 0 unspecified atom stereocenters. The third-order valence-electron chi connectivity index (χ3n) is 2.98. The molecule has 21 heavy (non-hydrogen) atoms. The Bertz CT molecular complexity index is 603. The molecule has 2 rings (SSSR count). The van der Waals surface area contributed by atoms with Crippen LogP contribution in [0, 0.1) is 11.3 Å². The van der Waals surface area contributed by atoms with Crippen LogP contribution in [0.1, 0.15) is 30.6 Å². The molecule has 0 aliphatic heterocycles. The van der Waals surface area contributed by atoms with Crippen molar-refractivity contribution >= 4 is 15.9 Å². The van der Waals surface area contributed by atoms with E-state index in [1.54, 1.807) is 0 Å². The smallest absolute Gasteiger partial charge is 0.231 e. The Morgan fingerprint density at radius 3 is 2.76 bits per heavy atom. The Hall–Kier alpha value is -1.71. The van der Waals surface area contributed by atoms with E-state index >= 15 is 0 Å². The lowest BCUT2D eigenvalue weighted by Gasteiger charge is -2.14. The van der Waals surface area contributed by atoms with Gasteiger partial charge in [-0.1, -0.05) is 40.1 Å². The molecule has 110 valence electrons. The molecule has 0 aliphatic carbocycles. The van der Waals surface area contributed by atoms with Crippen molar-refractivity contribution in [3.05, 3.63) is 46.0 Å². The van der Waals surface area contributed by atoms with Gasteiger partial charge in [-0.2, -0.15) is 10.2 Å². The highest BCUT2D eigenvalue weighted by atomic mass is 79.9. The van der Waals surface area contributed by atoms with Crippen LogP contribution in [-0.2, 0) is 13.0 Å². The summed E-state index contributed by atoms with van der Waals surface area (Å²) in [6.45, 7) is 3.86. The average molecular weight is 349 g/mol. The first-order chi connectivity index (χ1) is 10.2. The van der Waals surface area contributed by atoms with Crippen molar-refractivity contribution < 1.29 is 4.52 Å². The first-order valence-corrected chi connectivity index (χ1v) is 7.65. The summed E-state index contributed by atoms with van der Waals surface area (Å²) in [4.78, 5) is 6.40. The SMILES string of the molecule is CCCN(CC#N)Cc1noc(Cc2ccc(Br)cc2)n1. The topological polar surface area (TPSA) is 66.0 Å². The molecule has 0 bridgehead atoms. The van der Waals surface area contributed by atoms with E-state index in [9.17, 15) is 0 Å². The van der Waals surface area contributed by atoms with Crippen molar-refractivity contribution in [2.45, 2.75) is 26.3 Å². The maximum atomic E-state index is 8.80. The molecular formula is C15H17BrN4O. The summed E-state index contributed by atoms with van der Waals surface area (Å²) in [5, 5.41) is 12.8. The van der Waals surface area contributed by atoms with E-state index in [-0.39, 0.29) is 0 Å². The Kier molecular flexibility index (Phi) is 5.90. The quantitative estimate of drug-likeness (QED) is 0.719. The normalized spacial score (nSPS) is 10.8. The van der Waals surface area contributed by atoms with Crippen molar-refractivity contribution in [2.24, 2.45) is 0 Å². The van der Waals surface area contributed by atoms with Crippen LogP contribution >= 0.6 is 15.9 Å². The number of hydrogen-bond acceptors (Lipinski definition) is 5. The zero-order valence-corrected chi connectivity index (χ0v) is 13.5. The van der Waals surface area contributed by atoms with Crippen molar-refractivity contribution in [2.75, 3.05) is 13.1 Å². The largest absolute Gasteiger partial charge is 0.339 e. The second-order valence-corrected chi connectivity index (χ2v) is 5.69. The van der Waals surface area contributed by atoms with Crippen molar-refractivity contribution in [1.82, 2.24) is 15.0 Å². The maximum absolute atomic E-state index is 8.80. The van der Waals surface area contributed by atoms with Crippen LogP contribution in [0.15, 0.2) is 33.3 Å². The van der Waals surface area contributed by atoms with E-state index in [0.717, 1.165) is 23.0 Å². The Labute approximate surface area is 132 Å². The molecule has 0 fully saturated rings.